The fraction of sp³-hybridized carbons (Fsp3) is 0.250. The van der Waals surface area contributed by atoms with E-state index in [9.17, 15) is 4.79 Å². The third-order valence-electron chi connectivity index (χ3n) is 1.85. The van der Waals surface area contributed by atoms with E-state index < -0.39 is 0 Å². The fourth-order valence-electron chi connectivity index (χ4n) is 1.06. The number of hydrogen-bond donors (Lipinski definition) is 0. The lowest BCUT2D eigenvalue weighted by molar-refractivity contribution is -0.114. The number of benzene rings is 1. The maximum absolute atomic E-state index is 10.9. The number of carbonyl (C=O) groups is 1. The minimum absolute atomic E-state index is 0.191. The summed E-state index contributed by atoms with van der Waals surface area (Å²) in [5, 5.41) is 0. The van der Waals surface area contributed by atoms with Crippen LogP contribution in [0, 0.1) is 0 Å². The predicted molar refractivity (Wildman–Crippen MR) is 54.6 cm³/mol. The zero-order chi connectivity index (χ0) is 9.52. The molecule has 0 aromatic heterocycles. The van der Waals surface area contributed by atoms with Gasteiger partial charge in [0.1, 0.15) is 0 Å². The van der Waals surface area contributed by atoms with Crippen molar-refractivity contribution in [3.05, 3.63) is 48.0 Å². The Bertz CT molecular complexity index is 285. The largest absolute Gasteiger partial charge is 0.295 e. The molecule has 0 aliphatic heterocycles. The summed E-state index contributed by atoms with van der Waals surface area (Å²) in [7, 11) is 0. The Morgan fingerprint density at radius 1 is 1.31 bits per heavy atom. The zero-order valence-corrected chi connectivity index (χ0v) is 7.86. The zero-order valence-electron chi connectivity index (χ0n) is 7.86. The molecule has 0 heterocycles. The molecule has 1 aromatic carbocycles. The lowest BCUT2D eigenvalue weighted by Crippen LogP contribution is -1.88. The van der Waals surface area contributed by atoms with Crippen molar-refractivity contribution in [2.24, 2.45) is 0 Å². The molecule has 1 nitrogen and oxygen atoms in total. The third kappa shape index (κ3) is 3.70. The Balaban J connectivity index is 2.44. The second-order valence-electron chi connectivity index (χ2n) is 2.91. The summed E-state index contributed by atoms with van der Waals surface area (Å²) in [5.41, 5.74) is 1.24. The predicted octanol–water partition coefficient (Wildman–Crippen LogP) is 2.76. The van der Waals surface area contributed by atoms with Crippen LogP contribution < -0.4 is 0 Å². The molecule has 0 fully saturated rings. The van der Waals surface area contributed by atoms with Crippen molar-refractivity contribution >= 4 is 5.78 Å². The summed E-state index contributed by atoms with van der Waals surface area (Å²) in [6, 6.07) is 10.1. The van der Waals surface area contributed by atoms with Gasteiger partial charge in [0, 0.05) is 6.42 Å². The third-order valence-corrected chi connectivity index (χ3v) is 1.85. The van der Waals surface area contributed by atoms with Crippen LogP contribution in [0.1, 0.15) is 18.9 Å². The first-order valence-electron chi connectivity index (χ1n) is 4.56. The number of allylic oxidation sites excluding steroid dienone is 2. The molecular formula is C12H14O. The maximum atomic E-state index is 10.9. The van der Waals surface area contributed by atoms with Gasteiger partial charge in [-0.15, -0.1) is 0 Å². The second-order valence-corrected chi connectivity index (χ2v) is 2.91. The van der Waals surface area contributed by atoms with Gasteiger partial charge in [-0.25, -0.2) is 0 Å². The van der Waals surface area contributed by atoms with Crippen LogP contribution >= 0.6 is 0 Å². The molecule has 0 aliphatic carbocycles. The second kappa shape index (κ2) is 5.31. The van der Waals surface area contributed by atoms with E-state index in [2.05, 4.69) is 12.1 Å². The van der Waals surface area contributed by atoms with Gasteiger partial charge in [0.15, 0.2) is 5.78 Å². The van der Waals surface area contributed by atoms with Crippen LogP contribution in [-0.2, 0) is 11.2 Å². The first-order valence-corrected chi connectivity index (χ1v) is 4.56. The van der Waals surface area contributed by atoms with Crippen molar-refractivity contribution < 1.29 is 4.79 Å². The molecule has 1 aromatic rings. The molecule has 68 valence electrons. The quantitative estimate of drug-likeness (QED) is 0.641. The molecule has 13 heavy (non-hydrogen) atoms. The van der Waals surface area contributed by atoms with Crippen LogP contribution in [0.2, 0.25) is 0 Å². The van der Waals surface area contributed by atoms with Gasteiger partial charge >= 0.3 is 0 Å². The van der Waals surface area contributed by atoms with E-state index >= 15 is 0 Å². The van der Waals surface area contributed by atoms with E-state index in [1.165, 1.54) is 5.56 Å². The number of carbonyl (C=O) groups excluding carboxylic acids is 1. The lowest BCUT2D eigenvalue weighted by atomic mass is 10.1. The van der Waals surface area contributed by atoms with Crippen LogP contribution in [0.4, 0.5) is 0 Å². The average Bonchev–Trinajstić information content (AvgIpc) is 2.19. The van der Waals surface area contributed by atoms with Crippen molar-refractivity contribution in [3.63, 3.8) is 0 Å². The van der Waals surface area contributed by atoms with E-state index in [4.69, 9.17) is 0 Å². The minimum Gasteiger partial charge on any atom is -0.295 e. The Morgan fingerprint density at radius 3 is 2.62 bits per heavy atom. The monoisotopic (exact) mass is 174 g/mol. The number of hydrogen-bond acceptors (Lipinski definition) is 1. The van der Waals surface area contributed by atoms with Crippen LogP contribution in [-0.4, -0.2) is 5.78 Å². The van der Waals surface area contributed by atoms with Gasteiger partial charge in [0.25, 0.3) is 0 Å². The first kappa shape index (κ1) is 9.72. The van der Waals surface area contributed by atoms with Gasteiger partial charge in [-0.3, -0.25) is 4.79 Å². The van der Waals surface area contributed by atoms with E-state index in [0.29, 0.717) is 6.42 Å². The van der Waals surface area contributed by atoms with Crippen molar-refractivity contribution in [3.8, 4) is 0 Å². The fourth-order valence-corrected chi connectivity index (χ4v) is 1.06. The first-order chi connectivity index (χ1) is 6.33. The van der Waals surface area contributed by atoms with Crippen molar-refractivity contribution in [2.75, 3.05) is 0 Å². The normalized spacial score (nSPS) is 10.5. The molecule has 0 aliphatic rings. The van der Waals surface area contributed by atoms with Gasteiger partial charge < -0.3 is 0 Å². The SMILES string of the molecule is CCC(=O)/C=C/Cc1ccccc1. The van der Waals surface area contributed by atoms with Gasteiger partial charge in [0.2, 0.25) is 0 Å². The lowest BCUT2D eigenvalue weighted by Gasteiger charge is -1.93. The molecule has 0 unspecified atom stereocenters. The Labute approximate surface area is 79.1 Å². The molecule has 0 radical (unpaired) electrons. The molecule has 0 saturated heterocycles. The van der Waals surface area contributed by atoms with Gasteiger partial charge in [-0.2, -0.15) is 0 Å². The van der Waals surface area contributed by atoms with Crippen molar-refractivity contribution in [1.29, 1.82) is 0 Å². The average molecular weight is 174 g/mol. The van der Waals surface area contributed by atoms with E-state index in [0.717, 1.165) is 6.42 Å². The molecule has 0 bridgehead atoms. The highest BCUT2D eigenvalue weighted by atomic mass is 16.1. The molecular weight excluding hydrogens is 160 g/mol. The van der Waals surface area contributed by atoms with Gasteiger partial charge in [-0.1, -0.05) is 43.3 Å². The maximum Gasteiger partial charge on any atom is 0.155 e. The molecule has 0 N–H and O–H groups in total. The molecule has 1 heteroatoms. The smallest absolute Gasteiger partial charge is 0.155 e. The van der Waals surface area contributed by atoms with E-state index in [1.807, 2.05) is 31.2 Å². The summed E-state index contributed by atoms with van der Waals surface area (Å²) in [4.78, 5) is 10.9. The molecule has 0 atom stereocenters. The summed E-state index contributed by atoms with van der Waals surface area (Å²) < 4.78 is 0. The highest BCUT2D eigenvalue weighted by molar-refractivity contribution is 5.89. The molecule has 0 amide bonds. The number of ketones is 1. The molecule has 0 saturated carbocycles. The van der Waals surface area contributed by atoms with Gasteiger partial charge in [-0.05, 0) is 18.1 Å². The Kier molecular flexibility index (Phi) is 3.97. The summed E-state index contributed by atoms with van der Waals surface area (Å²) in [6.45, 7) is 1.87. The van der Waals surface area contributed by atoms with Crippen molar-refractivity contribution in [2.45, 2.75) is 19.8 Å². The van der Waals surface area contributed by atoms with Crippen LogP contribution in [0.5, 0.6) is 0 Å². The van der Waals surface area contributed by atoms with Crippen LogP contribution in [0.3, 0.4) is 0 Å². The summed E-state index contributed by atoms with van der Waals surface area (Å²) in [6.07, 6.45) is 5.01. The summed E-state index contributed by atoms with van der Waals surface area (Å²) in [5.74, 6) is 0.191. The topological polar surface area (TPSA) is 17.1 Å². The van der Waals surface area contributed by atoms with E-state index in [-0.39, 0.29) is 5.78 Å². The van der Waals surface area contributed by atoms with Crippen LogP contribution in [0.25, 0.3) is 0 Å². The molecule has 0 spiro atoms. The highest BCUT2D eigenvalue weighted by Crippen LogP contribution is 2.00. The van der Waals surface area contributed by atoms with Crippen molar-refractivity contribution in [1.82, 2.24) is 0 Å². The standard InChI is InChI=1S/C12H14O/c1-2-12(13)10-6-9-11-7-4-3-5-8-11/h3-8,10H,2,9H2,1H3/b10-6+. The Morgan fingerprint density at radius 2 is 2.00 bits per heavy atom. The minimum atomic E-state index is 0.191. The summed E-state index contributed by atoms with van der Waals surface area (Å²) >= 11 is 0. The van der Waals surface area contributed by atoms with Crippen LogP contribution in [0.15, 0.2) is 42.5 Å². The highest BCUT2D eigenvalue weighted by Gasteiger charge is 1.89. The van der Waals surface area contributed by atoms with Gasteiger partial charge in [0.05, 0.1) is 0 Å². The van der Waals surface area contributed by atoms with E-state index in [1.54, 1.807) is 6.08 Å². The molecule has 1 rings (SSSR count). The number of rotatable bonds is 4. The Hall–Kier alpha value is -1.37.